The Bertz CT molecular complexity index is 431. The number of rotatable bonds is 7. The van der Waals surface area contributed by atoms with E-state index in [1.54, 1.807) is 0 Å². The molecule has 1 saturated heterocycles. The van der Waals surface area contributed by atoms with Crippen molar-refractivity contribution in [2.24, 2.45) is 0 Å². The minimum absolute atomic E-state index is 0. The van der Waals surface area contributed by atoms with Gasteiger partial charge in [-0.25, -0.2) is 0 Å². The number of benzene rings is 1. The second kappa shape index (κ2) is 9.80. The molecule has 1 fully saturated rings. The molecule has 2 rings (SSSR count). The SMILES string of the molecule is Cc1cccc(CC(=O)NCCCCN2CCCC2)c1.Cl. The number of halogens is 1. The van der Waals surface area contributed by atoms with Crippen LogP contribution in [0.25, 0.3) is 0 Å². The van der Waals surface area contributed by atoms with Gasteiger partial charge in [0.1, 0.15) is 0 Å². The smallest absolute Gasteiger partial charge is 0.224 e. The topological polar surface area (TPSA) is 32.3 Å². The van der Waals surface area contributed by atoms with Crippen molar-refractivity contribution in [3.63, 3.8) is 0 Å². The number of nitrogens with zero attached hydrogens (tertiary/aromatic N) is 1. The first-order valence-electron chi connectivity index (χ1n) is 7.78. The van der Waals surface area contributed by atoms with E-state index in [0.29, 0.717) is 6.42 Å². The Morgan fingerprint density at radius 1 is 1.24 bits per heavy atom. The van der Waals surface area contributed by atoms with E-state index in [9.17, 15) is 4.79 Å². The molecule has 1 aliphatic rings. The highest BCUT2D eigenvalue weighted by atomic mass is 35.5. The van der Waals surface area contributed by atoms with Gasteiger partial charge in [0, 0.05) is 6.54 Å². The zero-order valence-corrected chi connectivity index (χ0v) is 13.8. The van der Waals surface area contributed by atoms with Crippen LogP contribution in [0.5, 0.6) is 0 Å². The van der Waals surface area contributed by atoms with E-state index >= 15 is 0 Å². The normalized spacial score (nSPS) is 14.7. The van der Waals surface area contributed by atoms with E-state index in [0.717, 1.165) is 18.5 Å². The average Bonchev–Trinajstić information content (AvgIpc) is 2.91. The summed E-state index contributed by atoms with van der Waals surface area (Å²) in [7, 11) is 0. The van der Waals surface area contributed by atoms with E-state index in [-0.39, 0.29) is 18.3 Å². The van der Waals surface area contributed by atoms with Gasteiger partial charge in [-0.1, -0.05) is 29.8 Å². The van der Waals surface area contributed by atoms with Crippen LogP contribution in [-0.2, 0) is 11.2 Å². The number of nitrogens with one attached hydrogen (secondary N) is 1. The Labute approximate surface area is 134 Å². The van der Waals surface area contributed by atoms with Crippen molar-refractivity contribution < 1.29 is 4.79 Å². The highest BCUT2D eigenvalue weighted by Crippen LogP contribution is 2.08. The maximum Gasteiger partial charge on any atom is 0.224 e. The molecule has 0 spiro atoms. The average molecular weight is 311 g/mol. The van der Waals surface area contributed by atoms with Crippen molar-refractivity contribution in [3.8, 4) is 0 Å². The molecule has 0 aliphatic carbocycles. The number of carbonyl (C=O) groups excluding carboxylic acids is 1. The lowest BCUT2D eigenvalue weighted by Crippen LogP contribution is -2.27. The third kappa shape index (κ3) is 6.96. The summed E-state index contributed by atoms with van der Waals surface area (Å²) in [6.07, 6.45) is 5.47. The summed E-state index contributed by atoms with van der Waals surface area (Å²) in [5, 5.41) is 3.02. The summed E-state index contributed by atoms with van der Waals surface area (Å²) < 4.78 is 0. The highest BCUT2D eigenvalue weighted by molar-refractivity contribution is 5.85. The quantitative estimate of drug-likeness (QED) is 0.785. The van der Waals surface area contributed by atoms with Crippen LogP contribution < -0.4 is 5.32 Å². The molecule has 1 heterocycles. The van der Waals surface area contributed by atoms with Crippen molar-refractivity contribution >= 4 is 18.3 Å². The van der Waals surface area contributed by atoms with E-state index in [1.165, 1.54) is 44.5 Å². The first-order valence-corrected chi connectivity index (χ1v) is 7.78. The summed E-state index contributed by atoms with van der Waals surface area (Å²) >= 11 is 0. The summed E-state index contributed by atoms with van der Waals surface area (Å²) in [5.41, 5.74) is 2.31. The molecule has 0 atom stereocenters. The number of likely N-dealkylation sites (tertiary alicyclic amines) is 1. The fourth-order valence-electron chi connectivity index (χ4n) is 2.76. The van der Waals surface area contributed by atoms with E-state index < -0.39 is 0 Å². The predicted molar refractivity (Wildman–Crippen MR) is 90.0 cm³/mol. The second-order valence-electron chi connectivity index (χ2n) is 5.77. The number of aryl methyl sites for hydroxylation is 1. The van der Waals surface area contributed by atoms with Crippen LogP contribution in [0.4, 0.5) is 0 Å². The van der Waals surface area contributed by atoms with Crippen LogP contribution in [0, 0.1) is 6.92 Å². The highest BCUT2D eigenvalue weighted by Gasteiger charge is 2.10. The molecule has 0 aromatic heterocycles. The molecular weight excluding hydrogens is 284 g/mol. The fraction of sp³-hybridized carbons (Fsp3) is 0.588. The van der Waals surface area contributed by atoms with Crippen molar-refractivity contribution in [2.75, 3.05) is 26.2 Å². The van der Waals surface area contributed by atoms with Crippen LogP contribution in [0.2, 0.25) is 0 Å². The Kier molecular flexibility index (Phi) is 8.40. The summed E-state index contributed by atoms with van der Waals surface area (Å²) in [4.78, 5) is 14.3. The predicted octanol–water partition coefficient (Wildman–Crippen LogP) is 2.95. The van der Waals surface area contributed by atoms with Gasteiger partial charge in [0.05, 0.1) is 6.42 Å². The van der Waals surface area contributed by atoms with Gasteiger partial charge in [-0.05, 0) is 57.8 Å². The first kappa shape index (κ1) is 18.0. The maximum absolute atomic E-state index is 11.8. The van der Waals surface area contributed by atoms with Crippen LogP contribution in [-0.4, -0.2) is 37.0 Å². The number of unbranched alkanes of at least 4 members (excludes halogenated alkanes) is 1. The standard InChI is InChI=1S/C17H26N2O.ClH/c1-15-7-6-8-16(13-15)14-17(20)18-9-2-3-10-19-11-4-5-12-19;/h6-8,13H,2-5,9-12,14H2,1H3,(H,18,20);1H. The van der Waals surface area contributed by atoms with Gasteiger partial charge in [0.2, 0.25) is 5.91 Å². The third-order valence-corrected chi connectivity index (χ3v) is 3.87. The summed E-state index contributed by atoms with van der Waals surface area (Å²) in [5.74, 6) is 0.136. The van der Waals surface area contributed by atoms with Gasteiger partial charge in [0.15, 0.2) is 0 Å². The first-order chi connectivity index (χ1) is 9.74. The lowest BCUT2D eigenvalue weighted by atomic mass is 10.1. The lowest BCUT2D eigenvalue weighted by Gasteiger charge is -2.14. The molecule has 0 unspecified atom stereocenters. The van der Waals surface area contributed by atoms with Crippen molar-refractivity contribution in [1.29, 1.82) is 0 Å². The molecule has 0 bridgehead atoms. The van der Waals surface area contributed by atoms with Gasteiger partial charge < -0.3 is 10.2 Å². The van der Waals surface area contributed by atoms with Crippen LogP contribution in [0.3, 0.4) is 0 Å². The van der Waals surface area contributed by atoms with Crippen LogP contribution in [0.15, 0.2) is 24.3 Å². The number of hydrogen-bond acceptors (Lipinski definition) is 2. The molecule has 1 aliphatic heterocycles. The van der Waals surface area contributed by atoms with Gasteiger partial charge >= 0.3 is 0 Å². The van der Waals surface area contributed by atoms with Crippen molar-refractivity contribution in [1.82, 2.24) is 10.2 Å². The number of amides is 1. The number of carbonyl (C=O) groups is 1. The Balaban J connectivity index is 0.00000220. The van der Waals surface area contributed by atoms with Gasteiger partial charge in [0.25, 0.3) is 0 Å². The van der Waals surface area contributed by atoms with Gasteiger partial charge in [-0.2, -0.15) is 0 Å². The molecule has 1 N–H and O–H groups in total. The fourth-order valence-corrected chi connectivity index (χ4v) is 2.76. The van der Waals surface area contributed by atoms with Crippen LogP contribution in [0.1, 0.15) is 36.8 Å². The molecule has 21 heavy (non-hydrogen) atoms. The molecule has 118 valence electrons. The molecule has 0 saturated carbocycles. The summed E-state index contributed by atoms with van der Waals surface area (Å²) in [6, 6.07) is 8.15. The molecule has 4 heteroatoms. The Hall–Kier alpha value is -1.06. The number of hydrogen-bond donors (Lipinski definition) is 1. The monoisotopic (exact) mass is 310 g/mol. The minimum atomic E-state index is 0. The second-order valence-corrected chi connectivity index (χ2v) is 5.77. The summed E-state index contributed by atoms with van der Waals surface area (Å²) in [6.45, 7) is 6.57. The van der Waals surface area contributed by atoms with Crippen molar-refractivity contribution in [3.05, 3.63) is 35.4 Å². The largest absolute Gasteiger partial charge is 0.356 e. The Morgan fingerprint density at radius 3 is 2.71 bits per heavy atom. The molecule has 0 radical (unpaired) electrons. The van der Waals surface area contributed by atoms with Crippen LogP contribution >= 0.6 is 12.4 Å². The Morgan fingerprint density at radius 2 is 2.00 bits per heavy atom. The molecule has 1 amide bonds. The molecule has 1 aromatic rings. The third-order valence-electron chi connectivity index (χ3n) is 3.87. The lowest BCUT2D eigenvalue weighted by molar-refractivity contribution is -0.120. The van der Waals surface area contributed by atoms with E-state index in [4.69, 9.17) is 0 Å². The zero-order chi connectivity index (χ0) is 14.2. The molecule has 3 nitrogen and oxygen atoms in total. The van der Waals surface area contributed by atoms with E-state index in [1.807, 2.05) is 12.1 Å². The minimum Gasteiger partial charge on any atom is -0.356 e. The maximum atomic E-state index is 11.8. The zero-order valence-electron chi connectivity index (χ0n) is 12.9. The van der Waals surface area contributed by atoms with Crippen molar-refractivity contribution in [2.45, 2.75) is 39.0 Å². The van der Waals surface area contributed by atoms with E-state index in [2.05, 4.69) is 29.3 Å². The molecular formula is C17H27ClN2O. The molecule has 1 aromatic carbocycles. The van der Waals surface area contributed by atoms with Gasteiger partial charge in [-0.15, -0.1) is 12.4 Å². The van der Waals surface area contributed by atoms with Gasteiger partial charge in [-0.3, -0.25) is 4.79 Å².